The first-order valence-corrected chi connectivity index (χ1v) is 6.80. The van der Waals surface area contributed by atoms with Crippen LogP contribution in [0, 0.1) is 6.92 Å². The molecule has 17 heavy (non-hydrogen) atoms. The van der Waals surface area contributed by atoms with Gasteiger partial charge in [0.2, 0.25) is 0 Å². The molecule has 0 N–H and O–H groups in total. The average Bonchev–Trinajstić information content (AvgIpc) is 2.27. The second-order valence-corrected chi connectivity index (χ2v) is 6.05. The zero-order valence-electron chi connectivity index (χ0n) is 9.76. The van der Waals surface area contributed by atoms with Gasteiger partial charge >= 0.3 is 0 Å². The molecule has 1 saturated carbocycles. The lowest BCUT2D eigenvalue weighted by Gasteiger charge is -2.34. The van der Waals surface area contributed by atoms with Gasteiger partial charge in [0.25, 0.3) is 10.1 Å². The minimum Gasteiger partial charge on any atom is -0.296 e. The summed E-state index contributed by atoms with van der Waals surface area (Å²) in [5.74, 6) is -0.159. The van der Waals surface area contributed by atoms with E-state index in [1.54, 1.807) is 12.1 Å². The van der Waals surface area contributed by atoms with Crippen molar-refractivity contribution >= 4 is 15.9 Å². The van der Waals surface area contributed by atoms with Crippen LogP contribution in [0.25, 0.3) is 0 Å². The number of benzene rings is 1. The SMILES string of the molecule is Cc1ccc(S(=O)(=O)OC2(C)CCC2=O)cc1. The Morgan fingerprint density at radius 3 is 2.24 bits per heavy atom. The van der Waals surface area contributed by atoms with Crippen molar-refractivity contribution in [3.05, 3.63) is 29.8 Å². The van der Waals surface area contributed by atoms with Gasteiger partial charge in [-0.1, -0.05) is 17.7 Å². The van der Waals surface area contributed by atoms with Gasteiger partial charge < -0.3 is 0 Å². The minimum absolute atomic E-state index is 0.0871. The van der Waals surface area contributed by atoms with E-state index in [0.717, 1.165) is 5.56 Å². The van der Waals surface area contributed by atoms with Crippen molar-refractivity contribution < 1.29 is 17.4 Å². The molecule has 1 unspecified atom stereocenters. The normalized spacial score (nSPS) is 24.5. The molecule has 1 aromatic rings. The lowest BCUT2D eigenvalue weighted by atomic mass is 9.81. The van der Waals surface area contributed by atoms with Crippen LogP contribution < -0.4 is 0 Å². The van der Waals surface area contributed by atoms with E-state index >= 15 is 0 Å². The summed E-state index contributed by atoms with van der Waals surface area (Å²) >= 11 is 0. The van der Waals surface area contributed by atoms with Gasteiger partial charge in [-0.15, -0.1) is 0 Å². The molecule has 1 atom stereocenters. The fraction of sp³-hybridized carbons (Fsp3) is 0.417. The number of ketones is 1. The summed E-state index contributed by atoms with van der Waals surface area (Å²) in [7, 11) is -3.85. The van der Waals surface area contributed by atoms with Crippen LogP contribution >= 0.6 is 0 Å². The van der Waals surface area contributed by atoms with Gasteiger partial charge in [0.15, 0.2) is 5.78 Å². The van der Waals surface area contributed by atoms with E-state index < -0.39 is 15.7 Å². The van der Waals surface area contributed by atoms with Gasteiger partial charge in [0, 0.05) is 6.42 Å². The van der Waals surface area contributed by atoms with E-state index in [9.17, 15) is 13.2 Å². The fourth-order valence-electron chi connectivity index (χ4n) is 1.66. The first-order chi connectivity index (χ1) is 7.83. The van der Waals surface area contributed by atoms with Crippen LogP contribution in [0.2, 0.25) is 0 Å². The van der Waals surface area contributed by atoms with Gasteiger partial charge in [-0.25, -0.2) is 0 Å². The number of Topliss-reactive ketones (excluding diaryl/α,β-unsaturated/α-hetero) is 1. The first kappa shape index (κ1) is 12.3. The number of carbonyl (C=O) groups is 1. The highest BCUT2D eigenvalue weighted by atomic mass is 32.2. The highest BCUT2D eigenvalue weighted by molar-refractivity contribution is 7.86. The van der Waals surface area contributed by atoms with Crippen LogP contribution in [0.4, 0.5) is 0 Å². The topological polar surface area (TPSA) is 60.4 Å². The Kier molecular flexibility index (Phi) is 2.83. The molecule has 0 saturated heterocycles. The van der Waals surface area contributed by atoms with Crippen LogP contribution in [0.15, 0.2) is 29.2 Å². The van der Waals surface area contributed by atoms with E-state index in [1.165, 1.54) is 19.1 Å². The molecule has 0 bridgehead atoms. The van der Waals surface area contributed by atoms with E-state index in [2.05, 4.69) is 0 Å². The van der Waals surface area contributed by atoms with Crippen molar-refractivity contribution in [1.82, 2.24) is 0 Å². The molecule has 1 aliphatic rings. The third kappa shape index (κ3) is 2.25. The Hall–Kier alpha value is -1.20. The van der Waals surface area contributed by atoms with Crippen molar-refractivity contribution in [2.45, 2.75) is 37.2 Å². The fourth-order valence-corrected chi connectivity index (χ4v) is 2.89. The summed E-state index contributed by atoms with van der Waals surface area (Å²) in [6.07, 6.45) is 0.844. The van der Waals surface area contributed by atoms with Gasteiger partial charge in [-0.05, 0) is 32.4 Å². The summed E-state index contributed by atoms with van der Waals surface area (Å²) in [5, 5.41) is 0. The molecule has 0 heterocycles. The van der Waals surface area contributed by atoms with Crippen LogP contribution in [0.3, 0.4) is 0 Å². The molecular formula is C12H14O4S. The van der Waals surface area contributed by atoms with Gasteiger partial charge in [0.05, 0.1) is 4.90 Å². The summed E-state index contributed by atoms with van der Waals surface area (Å²) < 4.78 is 28.9. The Labute approximate surface area is 101 Å². The van der Waals surface area contributed by atoms with Gasteiger partial charge in [0.1, 0.15) is 5.60 Å². The minimum atomic E-state index is -3.85. The van der Waals surface area contributed by atoms with Crippen molar-refractivity contribution in [2.24, 2.45) is 0 Å². The largest absolute Gasteiger partial charge is 0.297 e. The van der Waals surface area contributed by atoms with Crippen LogP contribution in [-0.2, 0) is 19.1 Å². The predicted molar refractivity (Wildman–Crippen MR) is 62.1 cm³/mol. The third-order valence-corrected chi connectivity index (χ3v) is 4.46. The number of carbonyl (C=O) groups excluding carboxylic acids is 1. The molecule has 0 aliphatic heterocycles. The Bertz CT molecular complexity index is 544. The Morgan fingerprint density at radius 1 is 1.24 bits per heavy atom. The second kappa shape index (κ2) is 3.92. The molecule has 0 aromatic heterocycles. The molecule has 92 valence electrons. The maximum atomic E-state index is 11.9. The number of hydrogen-bond acceptors (Lipinski definition) is 4. The molecule has 2 rings (SSSR count). The highest BCUT2D eigenvalue weighted by Crippen LogP contribution is 2.34. The lowest BCUT2D eigenvalue weighted by molar-refractivity contribution is -0.143. The number of rotatable bonds is 3. The first-order valence-electron chi connectivity index (χ1n) is 5.39. The molecule has 5 heteroatoms. The predicted octanol–water partition coefficient (Wildman–Crippen LogP) is 1.82. The molecule has 0 amide bonds. The quantitative estimate of drug-likeness (QED) is 0.772. The van der Waals surface area contributed by atoms with Crippen molar-refractivity contribution in [3.63, 3.8) is 0 Å². The van der Waals surface area contributed by atoms with Gasteiger partial charge in [-0.3, -0.25) is 8.98 Å². The van der Waals surface area contributed by atoms with E-state index in [4.69, 9.17) is 4.18 Å². The molecule has 4 nitrogen and oxygen atoms in total. The number of aryl methyl sites for hydroxylation is 1. The lowest BCUT2D eigenvalue weighted by Crippen LogP contribution is -2.48. The molecule has 0 radical (unpaired) electrons. The van der Waals surface area contributed by atoms with E-state index in [0.29, 0.717) is 12.8 Å². The highest BCUT2D eigenvalue weighted by Gasteiger charge is 2.46. The Morgan fingerprint density at radius 2 is 1.82 bits per heavy atom. The smallest absolute Gasteiger partial charge is 0.296 e. The monoisotopic (exact) mass is 254 g/mol. The zero-order valence-corrected chi connectivity index (χ0v) is 10.6. The molecule has 1 aliphatic carbocycles. The van der Waals surface area contributed by atoms with Crippen LogP contribution in [0.1, 0.15) is 25.3 Å². The molecular weight excluding hydrogens is 240 g/mol. The average molecular weight is 254 g/mol. The molecule has 1 fully saturated rings. The maximum Gasteiger partial charge on any atom is 0.297 e. The summed E-state index contributed by atoms with van der Waals surface area (Å²) in [6, 6.07) is 6.36. The van der Waals surface area contributed by atoms with Crippen molar-refractivity contribution in [2.75, 3.05) is 0 Å². The zero-order chi connectivity index (χ0) is 12.7. The maximum absolute atomic E-state index is 11.9. The molecule has 0 spiro atoms. The van der Waals surface area contributed by atoms with E-state index in [1.807, 2.05) is 6.92 Å². The van der Waals surface area contributed by atoms with Gasteiger partial charge in [-0.2, -0.15) is 8.42 Å². The summed E-state index contributed by atoms with van der Waals surface area (Å²) in [5.41, 5.74) is -0.195. The van der Waals surface area contributed by atoms with E-state index in [-0.39, 0.29) is 10.7 Å². The van der Waals surface area contributed by atoms with Crippen molar-refractivity contribution in [1.29, 1.82) is 0 Å². The number of hydrogen-bond donors (Lipinski definition) is 0. The van der Waals surface area contributed by atoms with Crippen molar-refractivity contribution in [3.8, 4) is 0 Å². The second-order valence-electron chi connectivity index (χ2n) is 4.50. The van der Waals surface area contributed by atoms with Crippen LogP contribution in [-0.4, -0.2) is 19.8 Å². The molecule has 1 aromatic carbocycles. The Balaban J connectivity index is 2.25. The summed E-state index contributed by atoms with van der Waals surface area (Å²) in [4.78, 5) is 11.4. The summed E-state index contributed by atoms with van der Waals surface area (Å²) in [6.45, 7) is 3.39. The third-order valence-electron chi connectivity index (χ3n) is 3.02. The standard InChI is InChI=1S/C12H14O4S/c1-9-3-5-10(6-4-9)17(14,15)16-12(2)8-7-11(12)13/h3-6H,7-8H2,1-2H3. The van der Waals surface area contributed by atoms with Crippen LogP contribution in [0.5, 0.6) is 0 Å².